The lowest BCUT2D eigenvalue weighted by atomic mass is 10.2. The minimum Gasteiger partial charge on any atom is -0.459 e. The number of rotatable bonds is 3. The number of halogens is 1. The fraction of sp³-hybridized carbons (Fsp3) is 0.588. The van der Waals surface area contributed by atoms with Crippen LogP contribution in [0.3, 0.4) is 0 Å². The Morgan fingerprint density at radius 1 is 1.23 bits per heavy atom. The Balaban J connectivity index is 0.00000338. The van der Waals surface area contributed by atoms with Crippen LogP contribution in [0.5, 0.6) is 0 Å². The first-order chi connectivity index (χ1) is 11.8. The highest BCUT2D eigenvalue weighted by atomic mass is 127. The van der Waals surface area contributed by atoms with Crippen molar-refractivity contribution >= 4 is 41.8 Å². The van der Waals surface area contributed by atoms with Crippen LogP contribution in [-0.4, -0.2) is 73.0 Å². The van der Waals surface area contributed by atoms with Crippen molar-refractivity contribution in [3.8, 4) is 0 Å². The Labute approximate surface area is 171 Å². The first kappa shape index (κ1) is 22.3. The van der Waals surface area contributed by atoms with Gasteiger partial charge in [-0.1, -0.05) is 0 Å². The summed E-state index contributed by atoms with van der Waals surface area (Å²) in [7, 11) is 1.66. The van der Waals surface area contributed by atoms with Crippen molar-refractivity contribution < 1.29 is 18.7 Å². The molecule has 26 heavy (non-hydrogen) atoms. The second-order valence-electron chi connectivity index (χ2n) is 6.74. The molecule has 1 N–H and O–H groups in total. The van der Waals surface area contributed by atoms with Gasteiger partial charge in [0.25, 0.3) is 5.91 Å². The molecule has 8 nitrogen and oxygen atoms in total. The first-order valence-corrected chi connectivity index (χ1v) is 8.30. The molecule has 0 aliphatic carbocycles. The number of ether oxygens (including phenoxy) is 1. The normalized spacial score (nSPS) is 15.3. The van der Waals surface area contributed by atoms with Crippen LogP contribution in [0.2, 0.25) is 0 Å². The zero-order valence-corrected chi connectivity index (χ0v) is 18.0. The summed E-state index contributed by atoms with van der Waals surface area (Å²) in [5, 5.41) is 3.01. The average molecular weight is 478 g/mol. The maximum absolute atomic E-state index is 12.3. The molecule has 0 radical (unpaired) electrons. The van der Waals surface area contributed by atoms with E-state index in [0.29, 0.717) is 37.9 Å². The number of carbonyl (C=O) groups excluding carboxylic acids is 2. The maximum Gasteiger partial charge on any atom is 0.325 e. The highest BCUT2D eigenvalue weighted by Crippen LogP contribution is 2.10. The molecule has 2 rings (SSSR count). The lowest BCUT2D eigenvalue weighted by molar-refractivity contribution is -0.153. The number of esters is 1. The summed E-state index contributed by atoms with van der Waals surface area (Å²) < 4.78 is 10.4. The first-order valence-electron chi connectivity index (χ1n) is 8.30. The maximum atomic E-state index is 12.3. The number of piperazine rings is 1. The molecule has 0 saturated carbocycles. The van der Waals surface area contributed by atoms with E-state index in [9.17, 15) is 9.59 Å². The highest BCUT2D eigenvalue weighted by molar-refractivity contribution is 14.0. The molecule has 1 saturated heterocycles. The van der Waals surface area contributed by atoms with Crippen LogP contribution >= 0.6 is 24.0 Å². The minimum atomic E-state index is -0.514. The van der Waals surface area contributed by atoms with Gasteiger partial charge in [0.05, 0.1) is 6.26 Å². The van der Waals surface area contributed by atoms with Crippen molar-refractivity contribution in [2.75, 3.05) is 39.8 Å². The average Bonchev–Trinajstić information content (AvgIpc) is 3.08. The number of amides is 1. The molecule has 9 heteroatoms. The Morgan fingerprint density at radius 3 is 2.35 bits per heavy atom. The number of furan rings is 1. The van der Waals surface area contributed by atoms with E-state index in [1.54, 1.807) is 24.1 Å². The van der Waals surface area contributed by atoms with Crippen LogP contribution in [0.1, 0.15) is 31.3 Å². The monoisotopic (exact) mass is 478 g/mol. The Hall–Kier alpha value is -1.78. The predicted molar refractivity (Wildman–Crippen MR) is 109 cm³/mol. The number of carbonyl (C=O) groups is 2. The van der Waals surface area contributed by atoms with Gasteiger partial charge < -0.3 is 24.3 Å². The molecule has 0 bridgehead atoms. The smallest absolute Gasteiger partial charge is 0.325 e. The minimum absolute atomic E-state index is 0. The van der Waals surface area contributed by atoms with E-state index in [1.165, 1.54) is 6.26 Å². The van der Waals surface area contributed by atoms with Crippen molar-refractivity contribution in [1.29, 1.82) is 0 Å². The van der Waals surface area contributed by atoms with E-state index < -0.39 is 5.60 Å². The van der Waals surface area contributed by atoms with Gasteiger partial charge in [-0.3, -0.25) is 14.6 Å². The van der Waals surface area contributed by atoms with Gasteiger partial charge in [-0.05, 0) is 32.9 Å². The summed E-state index contributed by atoms with van der Waals surface area (Å²) in [4.78, 5) is 32.0. The number of aliphatic imine (C=N–C) groups is 1. The molecule has 0 unspecified atom stereocenters. The standard InChI is InChI=1S/C17H26N4O4.HI/c1-17(2,3)25-14(22)12-19-16(18-4)21-9-7-20(8-10-21)15(23)13-6-5-11-24-13;/h5-6,11H,7-10,12H2,1-4H3,(H,18,19);1H. The van der Waals surface area contributed by atoms with Crippen molar-refractivity contribution in [3.63, 3.8) is 0 Å². The van der Waals surface area contributed by atoms with Crippen LogP contribution in [0.15, 0.2) is 27.8 Å². The van der Waals surface area contributed by atoms with Gasteiger partial charge in [-0.15, -0.1) is 24.0 Å². The molecule has 1 aromatic rings. The third-order valence-corrected chi connectivity index (χ3v) is 3.62. The van der Waals surface area contributed by atoms with Gasteiger partial charge in [-0.25, -0.2) is 0 Å². The fourth-order valence-electron chi connectivity index (χ4n) is 2.54. The van der Waals surface area contributed by atoms with Crippen molar-refractivity contribution in [2.45, 2.75) is 26.4 Å². The van der Waals surface area contributed by atoms with Crippen molar-refractivity contribution in [1.82, 2.24) is 15.1 Å². The van der Waals surface area contributed by atoms with E-state index in [-0.39, 0.29) is 42.4 Å². The van der Waals surface area contributed by atoms with E-state index >= 15 is 0 Å². The molecule has 1 amide bonds. The summed E-state index contributed by atoms with van der Waals surface area (Å²) in [6, 6.07) is 3.36. The molecule has 0 atom stereocenters. The molecule has 0 spiro atoms. The van der Waals surface area contributed by atoms with Crippen LogP contribution in [0.4, 0.5) is 0 Å². The molecular weight excluding hydrogens is 451 g/mol. The van der Waals surface area contributed by atoms with Gasteiger partial charge in [0, 0.05) is 33.2 Å². The topological polar surface area (TPSA) is 87.4 Å². The molecule has 1 aromatic heterocycles. The second kappa shape index (κ2) is 9.79. The van der Waals surface area contributed by atoms with Crippen molar-refractivity contribution in [3.05, 3.63) is 24.2 Å². The predicted octanol–water partition coefficient (Wildman–Crippen LogP) is 1.57. The molecular formula is C17H27IN4O4. The van der Waals surface area contributed by atoms with Gasteiger partial charge in [0.1, 0.15) is 12.1 Å². The summed E-state index contributed by atoms with van der Waals surface area (Å²) in [6.45, 7) is 7.91. The van der Waals surface area contributed by atoms with E-state index in [1.807, 2.05) is 25.7 Å². The second-order valence-corrected chi connectivity index (χ2v) is 6.74. The van der Waals surface area contributed by atoms with Crippen LogP contribution in [-0.2, 0) is 9.53 Å². The third kappa shape index (κ3) is 6.50. The van der Waals surface area contributed by atoms with Gasteiger partial charge in [0.2, 0.25) is 0 Å². The number of nitrogens with zero attached hydrogens (tertiary/aromatic N) is 3. The number of nitrogens with one attached hydrogen (secondary N) is 1. The van der Waals surface area contributed by atoms with E-state index in [4.69, 9.17) is 9.15 Å². The Morgan fingerprint density at radius 2 is 1.85 bits per heavy atom. The van der Waals surface area contributed by atoms with Gasteiger partial charge >= 0.3 is 5.97 Å². The van der Waals surface area contributed by atoms with Gasteiger partial charge in [0.15, 0.2) is 11.7 Å². The largest absolute Gasteiger partial charge is 0.459 e. The molecule has 1 fully saturated rings. The van der Waals surface area contributed by atoms with Gasteiger partial charge in [-0.2, -0.15) is 0 Å². The zero-order chi connectivity index (χ0) is 18.4. The Bertz CT molecular complexity index is 617. The fourth-order valence-corrected chi connectivity index (χ4v) is 2.54. The van der Waals surface area contributed by atoms with Crippen LogP contribution in [0.25, 0.3) is 0 Å². The lowest BCUT2D eigenvalue weighted by Gasteiger charge is -2.36. The SMILES string of the molecule is CN=C(NCC(=O)OC(C)(C)C)N1CCN(C(=O)c2ccco2)CC1.I. The quantitative estimate of drug-likeness (QED) is 0.307. The highest BCUT2D eigenvalue weighted by Gasteiger charge is 2.25. The lowest BCUT2D eigenvalue weighted by Crippen LogP contribution is -2.54. The summed E-state index contributed by atoms with van der Waals surface area (Å²) in [6.07, 6.45) is 1.49. The summed E-state index contributed by atoms with van der Waals surface area (Å²) in [5.41, 5.74) is -0.514. The van der Waals surface area contributed by atoms with Crippen LogP contribution < -0.4 is 5.32 Å². The number of hydrogen-bond donors (Lipinski definition) is 1. The molecule has 2 heterocycles. The summed E-state index contributed by atoms with van der Waals surface area (Å²) >= 11 is 0. The molecule has 146 valence electrons. The van der Waals surface area contributed by atoms with E-state index in [2.05, 4.69) is 10.3 Å². The number of guanidine groups is 1. The van der Waals surface area contributed by atoms with E-state index in [0.717, 1.165) is 0 Å². The summed E-state index contributed by atoms with van der Waals surface area (Å²) in [5.74, 6) is 0.526. The number of hydrogen-bond acceptors (Lipinski definition) is 5. The Kier molecular flexibility index (Phi) is 8.38. The molecule has 0 aromatic carbocycles. The molecule has 1 aliphatic rings. The third-order valence-electron chi connectivity index (χ3n) is 3.62. The zero-order valence-electron chi connectivity index (χ0n) is 15.7. The van der Waals surface area contributed by atoms with Crippen LogP contribution in [0, 0.1) is 0 Å². The molecule has 1 aliphatic heterocycles. The van der Waals surface area contributed by atoms with Crippen molar-refractivity contribution in [2.24, 2.45) is 4.99 Å².